The normalized spacial score (nSPS) is 22.6. The molecule has 0 radical (unpaired) electrons. The van der Waals surface area contributed by atoms with Crippen LogP contribution in [0.5, 0.6) is 0 Å². The summed E-state index contributed by atoms with van der Waals surface area (Å²) in [5, 5.41) is 0. The Labute approximate surface area is 211 Å². The fourth-order valence-corrected chi connectivity index (χ4v) is 5.38. The molecule has 2 heterocycles. The van der Waals surface area contributed by atoms with Gasteiger partial charge in [-0.1, -0.05) is 12.1 Å². The van der Waals surface area contributed by atoms with E-state index in [9.17, 15) is 27.2 Å². The average Bonchev–Trinajstić information content (AvgIpc) is 2.77. The Morgan fingerprint density at radius 1 is 1.00 bits per heavy atom. The van der Waals surface area contributed by atoms with Crippen LogP contribution in [0.2, 0.25) is 0 Å². The van der Waals surface area contributed by atoms with E-state index >= 15 is 0 Å². The molecule has 0 saturated carbocycles. The van der Waals surface area contributed by atoms with Gasteiger partial charge < -0.3 is 19.3 Å². The molecule has 194 valence electrons. The van der Waals surface area contributed by atoms with Gasteiger partial charge in [0, 0.05) is 39.2 Å². The molecule has 6 nitrogen and oxygen atoms in total. The Morgan fingerprint density at radius 3 is 1.97 bits per heavy atom. The van der Waals surface area contributed by atoms with Crippen molar-refractivity contribution in [1.82, 2.24) is 9.80 Å². The lowest BCUT2D eigenvalue weighted by atomic mass is 9.62. The zero-order valence-corrected chi connectivity index (χ0v) is 22.9. The zero-order valence-electron chi connectivity index (χ0n) is 20.9. The van der Waals surface area contributed by atoms with Crippen LogP contribution in [0.1, 0.15) is 51.5 Å². The van der Waals surface area contributed by atoms with E-state index in [0.717, 1.165) is 12.7 Å². The van der Waals surface area contributed by atoms with Gasteiger partial charge in [-0.15, -0.1) is 0 Å². The maximum Gasteiger partial charge on any atom is 0.411 e. The van der Waals surface area contributed by atoms with Gasteiger partial charge in [-0.3, -0.25) is 4.79 Å². The number of carbonyl (C=O) groups excluding carboxylic acids is 2. The number of rotatable bonds is 3. The number of hydrogen-bond acceptors (Lipinski definition) is 4. The zero-order chi connectivity index (χ0) is 26.2. The van der Waals surface area contributed by atoms with Gasteiger partial charge in [-0.05, 0) is 63.1 Å². The lowest BCUT2D eigenvalue weighted by Gasteiger charge is -2.52. The quantitative estimate of drug-likeness (QED) is 0.454. The molecule has 0 N–H and O–H groups in total. The molecule has 3 rings (SSSR count). The van der Waals surface area contributed by atoms with E-state index in [2.05, 4.69) is 4.74 Å². The Hall–Kier alpha value is -1.83. The number of methoxy groups -OCH3 is 1. The molecule has 1 aromatic carbocycles. The van der Waals surface area contributed by atoms with Gasteiger partial charge in [-0.2, -0.15) is 13.2 Å². The lowest BCUT2D eigenvalue weighted by molar-refractivity contribution is -0.235. The molecule has 0 aromatic heterocycles. The van der Waals surface area contributed by atoms with Crippen molar-refractivity contribution >= 4 is 28.3 Å². The van der Waals surface area contributed by atoms with Crippen LogP contribution in [0.15, 0.2) is 24.3 Å². The molecule has 0 bridgehead atoms. The number of amides is 2. The molecule has 2 atom stereocenters. The molecule has 1 aromatic rings. The monoisotopic (exact) mass is 516 g/mol. The standard InChI is InChI=1S/C24H31F4N2O4.Al.2H/c1-22(2,3)34-21(32)30-14-11-23(18(15-30)16-5-7-17(25)8-6-16)9-12-29(13-10-23)20(31)19(33-4)24(26,27)28;;;/h5-8,18H,9-15H2,1-4H3;;;. The van der Waals surface area contributed by atoms with Crippen LogP contribution in [0.4, 0.5) is 22.4 Å². The Balaban J connectivity index is 1.83. The predicted octanol–water partition coefficient (Wildman–Crippen LogP) is 3.70. The highest BCUT2D eigenvalue weighted by molar-refractivity contribution is 6.28. The second-order valence-electron chi connectivity index (χ2n) is 10.7. The van der Waals surface area contributed by atoms with Gasteiger partial charge in [0.2, 0.25) is 5.91 Å². The van der Waals surface area contributed by atoms with Gasteiger partial charge in [0.05, 0.1) is 0 Å². The van der Waals surface area contributed by atoms with Crippen LogP contribution in [0.25, 0.3) is 0 Å². The van der Waals surface area contributed by atoms with Crippen LogP contribution in [-0.2, 0) is 14.3 Å². The van der Waals surface area contributed by atoms with E-state index < -0.39 is 44.5 Å². The van der Waals surface area contributed by atoms with Gasteiger partial charge in [0.25, 0.3) is 16.3 Å². The lowest BCUT2D eigenvalue weighted by Crippen LogP contribution is -2.62. The fourth-order valence-electron chi connectivity index (χ4n) is 5.06. The minimum absolute atomic E-state index is 0.159. The molecular weight excluding hydrogens is 483 g/mol. The number of nitrogens with zero attached hydrogens (tertiary/aromatic N) is 2. The highest BCUT2D eigenvalue weighted by atomic mass is 27.0. The number of halogens is 4. The van der Waals surface area contributed by atoms with E-state index in [1.54, 1.807) is 37.8 Å². The Bertz CT molecular complexity index is 927. The first-order valence-electron chi connectivity index (χ1n) is 11.8. The third-order valence-corrected chi connectivity index (χ3v) is 8.75. The smallest absolute Gasteiger partial charge is 0.411 e. The first kappa shape index (κ1) is 27.8. The Kier molecular flexibility index (Phi) is 7.86. The maximum absolute atomic E-state index is 13.6. The highest BCUT2D eigenvalue weighted by Gasteiger charge is 2.58. The summed E-state index contributed by atoms with van der Waals surface area (Å²) < 4.78 is 61.9. The number of ether oxygens (including phenoxy) is 2. The Morgan fingerprint density at radius 2 is 1.51 bits per heavy atom. The summed E-state index contributed by atoms with van der Waals surface area (Å²) in [6.45, 7) is 6.47. The van der Waals surface area contributed by atoms with Crippen molar-refractivity contribution in [3.05, 3.63) is 35.6 Å². The first-order chi connectivity index (χ1) is 16.1. The highest BCUT2D eigenvalue weighted by Crippen LogP contribution is 2.50. The van der Waals surface area contributed by atoms with Crippen LogP contribution < -0.4 is 0 Å². The minimum atomic E-state index is -4.78. The number of hydrogen-bond donors (Lipinski definition) is 0. The van der Waals surface area contributed by atoms with Crippen LogP contribution >= 0.6 is 0 Å². The van der Waals surface area contributed by atoms with Crippen molar-refractivity contribution in [2.24, 2.45) is 5.41 Å². The number of likely N-dealkylation sites (tertiary alicyclic amines) is 2. The molecule has 2 amide bonds. The molecule has 1 unspecified atom stereocenters. The van der Waals surface area contributed by atoms with E-state index in [1.807, 2.05) is 0 Å². The van der Waals surface area contributed by atoms with Crippen molar-refractivity contribution < 1.29 is 36.6 Å². The molecule has 11 heteroatoms. The minimum Gasteiger partial charge on any atom is -0.444 e. The molecule has 0 aliphatic carbocycles. The summed E-state index contributed by atoms with van der Waals surface area (Å²) in [7, 11) is 0.917. The first-order valence-corrected chi connectivity index (χ1v) is 12.8. The van der Waals surface area contributed by atoms with Gasteiger partial charge in [0.15, 0.2) is 4.46 Å². The van der Waals surface area contributed by atoms with Crippen molar-refractivity contribution in [3.63, 3.8) is 0 Å². The number of carbonyl (C=O) groups is 2. The summed E-state index contributed by atoms with van der Waals surface area (Å²) in [6, 6.07) is 6.11. The van der Waals surface area contributed by atoms with Gasteiger partial charge in [0.1, 0.15) is 11.4 Å². The second kappa shape index (κ2) is 9.91. The molecule has 35 heavy (non-hydrogen) atoms. The van der Waals surface area contributed by atoms with E-state index in [4.69, 9.17) is 4.74 Å². The molecule has 2 saturated heterocycles. The van der Waals surface area contributed by atoms with Crippen LogP contribution in [-0.4, -0.2) is 87.6 Å². The fraction of sp³-hybridized carbons (Fsp3) is 0.667. The summed E-state index contributed by atoms with van der Waals surface area (Å²) in [5.74, 6) is -1.59. The SMILES string of the molecule is CO[C@]([AlH2])(C(=O)N1CCC2(CCN(C(=O)OC(C)(C)C)CC2c2ccc(F)cc2)CC1)C(F)(F)F. The molecule has 2 aliphatic heterocycles. The van der Waals surface area contributed by atoms with Crippen molar-refractivity contribution in [2.45, 2.75) is 62.2 Å². The molecular formula is C24H33AlF4N2O4. The molecule has 2 fully saturated rings. The largest absolute Gasteiger partial charge is 0.444 e. The third-order valence-electron chi connectivity index (χ3n) is 7.35. The second-order valence-corrected chi connectivity index (χ2v) is 12.1. The average molecular weight is 517 g/mol. The van der Waals surface area contributed by atoms with Crippen molar-refractivity contribution in [2.75, 3.05) is 33.3 Å². The predicted molar refractivity (Wildman–Crippen MR) is 124 cm³/mol. The van der Waals surface area contributed by atoms with Gasteiger partial charge >= 0.3 is 12.3 Å². The summed E-state index contributed by atoms with van der Waals surface area (Å²) >= 11 is -0.519. The molecule has 2 aliphatic rings. The summed E-state index contributed by atoms with van der Waals surface area (Å²) in [4.78, 5) is 28.5. The number of piperidine rings is 2. The van der Waals surface area contributed by atoms with E-state index in [0.29, 0.717) is 32.4 Å². The van der Waals surface area contributed by atoms with Crippen molar-refractivity contribution in [3.8, 4) is 0 Å². The number of benzene rings is 1. The third kappa shape index (κ3) is 5.78. The molecule has 1 spiro atoms. The van der Waals surface area contributed by atoms with Crippen LogP contribution in [0, 0.1) is 11.2 Å². The van der Waals surface area contributed by atoms with E-state index in [-0.39, 0.29) is 30.2 Å². The summed E-state index contributed by atoms with van der Waals surface area (Å²) in [6.07, 6.45) is -3.66. The van der Waals surface area contributed by atoms with Crippen LogP contribution in [0.3, 0.4) is 0 Å². The van der Waals surface area contributed by atoms with Gasteiger partial charge in [-0.25, -0.2) is 9.18 Å². The number of alkyl halides is 3. The topological polar surface area (TPSA) is 59.1 Å². The maximum atomic E-state index is 13.6. The summed E-state index contributed by atoms with van der Waals surface area (Å²) in [5.41, 5.74) is -0.144. The van der Waals surface area contributed by atoms with E-state index in [1.165, 1.54) is 17.0 Å². The van der Waals surface area contributed by atoms with Crippen molar-refractivity contribution in [1.29, 1.82) is 0 Å².